The molecule has 0 unspecified atom stereocenters. The molecule has 1 atom stereocenters. The molecule has 1 saturated heterocycles. The number of hydrogen-bond acceptors (Lipinski definition) is 6. The van der Waals surface area contributed by atoms with Crippen LogP contribution in [0.4, 0.5) is 0 Å². The number of β-amino-alcohol motifs (C(OH)–C–C–N with tert-alkyl or cyclic N) is 1. The third-order valence-corrected chi connectivity index (χ3v) is 6.67. The van der Waals surface area contributed by atoms with Gasteiger partial charge in [-0.3, -0.25) is 4.79 Å². The Bertz CT molecular complexity index is 837. The first-order valence-corrected chi connectivity index (χ1v) is 10.2. The highest BCUT2D eigenvalue weighted by Crippen LogP contribution is 2.21. The van der Waals surface area contributed by atoms with Crippen LogP contribution >= 0.6 is 11.3 Å². The lowest BCUT2D eigenvalue weighted by molar-refractivity contribution is 0.0954. The number of aliphatic hydroxyl groups excluding tert-OH is 1. The third-order valence-electron chi connectivity index (χ3n) is 3.97. The van der Waals surface area contributed by atoms with Crippen LogP contribution in [0.2, 0.25) is 0 Å². The van der Waals surface area contributed by atoms with Gasteiger partial charge in [-0.25, -0.2) is 13.4 Å². The molecule has 1 aromatic heterocycles. The summed E-state index contributed by atoms with van der Waals surface area (Å²) < 4.78 is 26.4. The number of nitrogens with zero attached hydrogens (tertiary/aromatic N) is 2. The van der Waals surface area contributed by atoms with Gasteiger partial charge in [0.2, 0.25) is 10.0 Å². The number of carbonyl (C=O) groups excluding carboxylic acids is 1. The van der Waals surface area contributed by atoms with Gasteiger partial charge in [-0.2, -0.15) is 4.31 Å². The topological polar surface area (TPSA) is 99.6 Å². The van der Waals surface area contributed by atoms with Gasteiger partial charge in [0.05, 0.1) is 16.0 Å². The Morgan fingerprint density at radius 2 is 2.28 bits per heavy atom. The van der Waals surface area contributed by atoms with Crippen molar-refractivity contribution >= 4 is 27.3 Å². The summed E-state index contributed by atoms with van der Waals surface area (Å²) in [7, 11) is -3.70. The minimum absolute atomic E-state index is 0.0640. The number of hydrogen-bond donors (Lipinski definition) is 2. The second-order valence-corrected chi connectivity index (χ2v) is 8.68. The maximum absolute atomic E-state index is 12.6. The van der Waals surface area contributed by atoms with Crippen molar-refractivity contribution in [2.45, 2.75) is 23.8 Å². The summed E-state index contributed by atoms with van der Waals surface area (Å²) in [4.78, 5) is 16.5. The SMILES string of the molecule is O=C(NCCc1nccs1)c1cccc(S(=O)(=O)N2CC[C@@H](O)C2)c1. The Hall–Kier alpha value is -1.81. The Morgan fingerprint density at radius 3 is 2.96 bits per heavy atom. The Kier molecular flexibility index (Phi) is 5.48. The van der Waals surface area contributed by atoms with E-state index in [9.17, 15) is 18.3 Å². The van der Waals surface area contributed by atoms with Gasteiger partial charge in [-0.15, -0.1) is 11.3 Å². The van der Waals surface area contributed by atoms with Crippen molar-refractivity contribution in [3.8, 4) is 0 Å². The predicted molar refractivity (Wildman–Crippen MR) is 94.0 cm³/mol. The van der Waals surface area contributed by atoms with Crippen LogP contribution in [0.1, 0.15) is 21.8 Å². The Labute approximate surface area is 150 Å². The van der Waals surface area contributed by atoms with Gasteiger partial charge < -0.3 is 10.4 Å². The molecule has 1 fully saturated rings. The molecule has 2 N–H and O–H groups in total. The highest BCUT2D eigenvalue weighted by Gasteiger charge is 2.31. The molecule has 0 saturated carbocycles. The van der Waals surface area contributed by atoms with Gasteiger partial charge in [-0.1, -0.05) is 6.07 Å². The van der Waals surface area contributed by atoms with E-state index >= 15 is 0 Å². The molecule has 3 rings (SSSR count). The van der Waals surface area contributed by atoms with E-state index in [1.165, 1.54) is 27.8 Å². The van der Waals surface area contributed by atoms with Crippen molar-refractivity contribution in [3.05, 3.63) is 46.4 Å². The quantitative estimate of drug-likeness (QED) is 0.773. The summed E-state index contributed by atoms with van der Waals surface area (Å²) in [5.74, 6) is -0.324. The summed E-state index contributed by atoms with van der Waals surface area (Å²) in [6, 6.07) is 5.97. The first-order chi connectivity index (χ1) is 12.0. The maximum atomic E-state index is 12.6. The zero-order valence-electron chi connectivity index (χ0n) is 13.5. The van der Waals surface area contributed by atoms with Crippen LogP contribution in [0.3, 0.4) is 0 Å². The monoisotopic (exact) mass is 381 g/mol. The van der Waals surface area contributed by atoms with E-state index in [4.69, 9.17) is 0 Å². The minimum atomic E-state index is -3.70. The van der Waals surface area contributed by atoms with E-state index in [0.717, 1.165) is 5.01 Å². The number of aliphatic hydroxyl groups is 1. The molecule has 2 heterocycles. The lowest BCUT2D eigenvalue weighted by atomic mass is 10.2. The second kappa shape index (κ2) is 7.61. The molecule has 1 aliphatic rings. The molecule has 7 nitrogen and oxygen atoms in total. The van der Waals surface area contributed by atoms with Crippen LogP contribution in [0.25, 0.3) is 0 Å². The van der Waals surface area contributed by atoms with E-state index < -0.39 is 16.1 Å². The van der Waals surface area contributed by atoms with Crippen molar-refractivity contribution in [3.63, 3.8) is 0 Å². The molecule has 0 bridgehead atoms. The zero-order valence-corrected chi connectivity index (χ0v) is 15.1. The van der Waals surface area contributed by atoms with Gasteiger partial charge >= 0.3 is 0 Å². The average molecular weight is 381 g/mol. The van der Waals surface area contributed by atoms with E-state index in [1.54, 1.807) is 18.3 Å². The highest BCUT2D eigenvalue weighted by molar-refractivity contribution is 7.89. The van der Waals surface area contributed by atoms with Crippen LogP contribution in [-0.2, 0) is 16.4 Å². The van der Waals surface area contributed by atoms with Crippen molar-refractivity contribution < 1.29 is 18.3 Å². The van der Waals surface area contributed by atoms with Crippen molar-refractivity contribution in [1.82, 2.24) is 14.6 Å². The average Bonchev–Trinajstić information content (AvgIpc) is 3.27. The number of nitrogens with one attached hydrogen (secondary N) is 1. The molecular formula is C16H19N3O4S2. The van der Waals surface area contributed by atoms with Gasteiger partial charge in [0.25, 0.3) is 5.91 Å². The van der Waals surface area contributed by atoms with E-state index in [0.29, 0.717) is 24.9 Å². The van der Waals surface area contributed by atoms with Crippen molar-refractivity contribution in [1.29, 1.82) is 0 Å². The number of rotatable bonds is 6. The van der Waals surface area contributed by atoms with Gasteiger partial charge in [0.1, 0.15) is 0 Å². The van der Waals surface area contributed by atoms with Gasteiger partial charge in [0.15, 0.2) is 0 Å². The third kappa shape index (κ3) is 4.24. The lowest BCUT2D eigenvalue weighted by Gasteiger charge is -2.16. The van der Waals surface area contributed by atoms with Crippen LogP contribution < -0.4 is 5.32 Å². The van der Waals surface area contributed by atoms with E-state index in [-0.39, 0.29) is 23.9 Å². The molecule has 1 aromatic carbocycles. The number of aromatic nitrogens is 1. The van der Waals surface area contributed by atoms with Crippen LogP contribution in [0.5, 0.6) is 0 Å². The van der Waals surface area contributed by atoms with E-state index in [1.807, 2.05) is 5.38 Å². The largest absolute Gasteiger partial charge is 0.392 e. The number of benzene rings is 1. The molecule has 134 valence electrons. The minimum Gasteiger partial charge on any atom is -0.392 e. The molecule has 0 aliphatic carbocycles. The number of amides is 1. The van der Waals surface area contributed by atoms with Crippen molar-refractivity contribution in [2.75, 3.05) is 19.6 Å². The Balaban J connectivity index is 1.67. The molecular weight excluding hydrogens is 362 g/mol. The standard InChI is InChI=1S/C16H19N3O4S2/c20-13-5-8-19(11-13)25(22,23)14-3-1-2-12(10-14)16(21)18-6-4-15-17-7-9-24-15/h1-3,7,9-10,13,20H,4-6,8,11H2,(H,18,21)/t13-/m1/s1. The van der Waals surface area contributed by atoms with Crippen LogP contribution in [0, 0.1) is 0 Å². The zero-order chi connectivity index (χ0) is 17.9. The first-order valence-electron chi connectivity index (χ1n) is 7.91. The lowest BCUT2D eigenvalue weighted by Crippen LogP contribution is -2.30. The fourth-order valence-corrected chi connectivity index (χ4v) is 4.80. The summed E-state index contributed by atoms with van der Waals surface area (Å²) in [5, 5.41) is 15.1. The summed E-state index contributed by atoms with van der Waals surface area (Å²) in [6.45, 7) is 0.807. The first kappa shape index (κ1) is 18.0. The molecule has 2 aromatic rings. The van der Waals surface area contributed by atoms with E-state index in [2.05, 4.69) is 10.3 Å². The normalized spacial score (nSPS) is 18.4. The van der Waals surface area contributed by atoms with Crippen LogP contribution in [0.15, 0.2) is 40.7 Å². The number of thiazole rings is 1. The number of carbonyl (C=O) groups is 1. The highest BCUT2D eigenvalue weighted by atomic mass is 32.2. The fourth-order valence-electron chi connectivity index (χ4n) is 2.64. The summed E-state index contributed by atoms with van der Waals surface area (Å²) >= 11 is 1.52. The van der Waals surface area contributed by atoms with Gasteiger partial charge in [-0.05, 0) is 24.6 Å². The Morgan fingerprint density at radius 1 is 1.44 bits per heavy atom. The molecule has 0 radical (unpaired) electrons. The molecule has 9 heteroatoms. The fraction of sp³-hybridized carbons (Fsp3) is 0.375. The summed E-state index contributed by atoms with van der Waals surface area (Å²) in [6.07, 6.45) is 2.14. The molecule has 0 spiro atoms. The molecule has 25 heavy (non-hydrogen) atoms. The molecule has 1 amide bonds. The maximum Gasteiger partial charge on any atom is 0.251 e. The predicted octanol–water partition coefficient (Wildman–Crippen LogP) is 0.871. The summed E-state index contributed by atoms with van der Waals surface area (Å²) in [5.41, 5.74) is 0.292. The second-order valence-electron chi connectivity index (χ2n) is 5.77. The number of sulfonamides is 1. The molecule has 1 aliphatic heterocycles. The van der Waals surface area contributed by atoms with Crippen molar-refractivity contribution in [2.24, 2.45) is 0 Å². The van der Waals surface area contributed by atoms with Gasteiger partial charge in [0, 0.05) is 43.2 Å². The smallest absolute Gasteiger partial charge is 0.251 e. The van der Waals surface area contributed by atoms with Crippen LogP contribution in [-0.4, -0.2) is 54.5 Å².